The molecular formula is C29H42O2. The van der Waals surface area contributed by atoms with Crippen LogP contribution in [0.25, 0.3) is 5.57 Å². The molecule has 0 radical (unpaired) electrons. The van der Waals surface area contributed by atoms with Gasteiger partial charge in [0.2, 0.25) is 0 Å². The first-order valence-electron chi connectivity index (χ1n) is 12.3. The van der Waals surface area contributed by atoms with Gasteiger partial charge in [-0.3, -0.25) is 0 Å². The standard InChI is InChI=1S/C29H42O2/c1-19-9-14-24-28(6)17-15-22(20-10-12-21(13-11-20)25(30)31-8)26(2,3)23(28)16-18-29(24,7)27(19,4)5/h10-13,15,19,23-24H,9,14,16-18H2,1-8H3. The number of methoxy groups -OCH3 is 1. The quantitative estimate of drug-likeness (QED) is 0.455. The van der Waals surface area contributed by atoms with Gasteiger partial charge in [-0.15, -0.1) is 0 Å². The highest BCUT2D eigenvalue weighted by Crippen LogP contribution is 2.72. The fourth-order valence-electron chi connectivity index (χ4n) is 8.31. The first-order chi connectivity index (χ1) is 14.4. The summed E-state index contributed by atoms with van der Waals surface area (Å²) in [5.74, 6) is 1.99. The maximum Gasteiger partial charge on any atom is 0.337 e. The van der Waals surface area contributed by atoms with Crippen LogP contribution in [0.15, 0.2) is 30.3 Å². The molecule has 170 valence electrons. The molecule has 0 bridgehead atoms. The second kappa shape index (κ2) is 7.22. The summed E-state index contributed by atoms with van der Waals surface area (Å²) < 4.78 is 4.88. The van der Waals surface area contributed by atoms with Crippen molar-refractivity contribution in [1.29, 1.82) is 0 Å². The van der Waals surface area contributed by atoms with E-state index in [4.69, 9.17) is 4.74 Å². The van der Waals surface area contributed by atoms with Crippen LogP contribution in [0, 0.1) is 39.4 Å². The fourth-order valence-corrected chi connectivity index (χ4v) is 8.31. The predicted molar refractivity (Wildman–Crippen MR) is 129 cm³/mol. The van der Waals surface area contributed by atoms with Crippen molar-refractivity contribution < 1.29 is 9.53 Å². The van der Waals surface area contributed by atoms with Crippen molar-refractivity contribution in [3.05, 3.63) is 41.5 Å². The fraction of sp³-hybridized carbons (Fsp3) is 0.690. The Bertz CT molecular complexity index is 890. The van der Waals surface area contributed by atoms with E-state index in [0.717, 1.165) is 11.8 Å². The van der Waals surface area contributed by atoms with E-state index in [1.54, 1.807) is 0 Å². The number of hydrogen-bond donors (Lipinski definition) is 0. The third-order valence-electron chi connectivity index (χ3n) is 10.8. The van der Waals surface area contributed by atoms with Crippen LogP contribution in [0.5, 0.6) is 0 Å². The first kappa shape index (κ1) is 22.6. The van der Waals surface area contributed by atoms with E-state index in [0.29, 0.717) is 27.7 Å². The zero-order valence-electron chi connectivity index (χ0n) is 21.0. The first-order valence-corrected chi connectivity index (χ1v) is 12.3. The Morgan fingerprint density at radius 3 is 2.19 bits per heavy atom. The molecule has 4 rings (SSSR count). The summed E-state index contributed by atoms with van der Waals surface area (Å²) in [5.41, 5.74) is 4.61. The van der Waals surface area contributed by atoms with E-state index >= 15 is 0 Å². The van der Waals surface area contributed by atoms with Crippen molar-refractivity contribution >= 4 is 11.5 Å². The Hall–Kier alpha value is -1.57. The number of rotatable bonds is 2. The van der Waals surface area contributed by atoms with Crippen LogP contribution < -0.4 is 0 Å². The molecule has 0 heterocycles. The maximum atomic E-state index is 11.9. The summed E-state index contributed by atoms with van der Waals surface area (Å²) >= 11 is 0. The van der Waals surface area contributed by atoms with Crippen molar-refractivity contribution in [1.82, 2.24) is 0 Å². The minimum absolute atomic E-state index is 0.119. The molecule has 2 saturated carbocycles. The molecule has 3 aliphatic rings. The highest BCUT2D eigenvalue weighted by Gasteiger charge is 2.64. The third-order valence-corrected chi connectivity index (χ3v) is 10.8. The Morgan fingerprint density at radius 1 is 0.935 bits per heavy atom. The lowest BCUT2D eigenvalue weighted by Gasteiger charge is -2.68. The monoisotopic (exact) mass is 422 g/mol. The van der Waals surface area contributed by atoms with E-state index in [-0.39, 0.29) is 11.4 Å². The van der Waals surface area contributed by atoms with Gasteiger partial charge >= 0.3 is 5.97 Å². The molecule has 0 N–H and O–H groups in total. The molecule has 1 aromatic carbocycles. The molecule has 5 unspecified atom stereocenters. The van der Waals surface area contributed by atoms with Crippen molar-refractivity contribution in [2.45, 2.75) is 80.6 Å². The number of carbonyl (C=O) groups excluding carboxylic acids is 1. The second-order valence-corrected chi connectivity index (χ2v) is 12.4. The van der Waals surface area contributed by atoms with E-state index in [2.05, 4.69) is 66.7 Å². The summed E-state index contributed by atoms with van der Waals surface area (Å²) in [6.07, 6.45) is 9.10. The van der Waals surface area contributed by atoms with Crippen LogP contribution in [0.2, 0.25) is 0 Å². The lowest BCUT2D eigenvalue weighted by molar-refractivity contribution is -0.180. The summed E-state index contributed by atoms with van der Waals surface area (Å²) in [5, 5.41) is 0. The Morgan fingerprint density at radius 2 is 1.58 bits per heavy atom. The molecule has 5 atom stereocenters. The van der Waals surface area contributed by atoms with Gasteiger partial charge in [0.05, 0.1) is 12.7 Å². The number of carbonyl (C=O) groups is 1. The van der Waals surface area contributed by atoms with Gasteiger partial charge < -0.3 is 4.74 Å². The highest BCUT2D eigenvalue weighted by molar-refractivity contribution is 5.89. The molecule has 0 amide bonds. The van der Waals surface area contributed by atoms with Crippen LogP contribution in [0.4, 0.5) is 0 Å². The van der Waals surface area contributed by atoms with E-state index < -0.39 is 0 Å². The van der Waals surface area contributed by atoms with Crippen LogP contribution in [-0.2, 0) is 4.74 Å². The van der Waals surface area contributed by atoms with Gasteiger partial charge in [-0.2, -0.15) is 0 Å². The Kier molecular flexibility index (Phi) is 5.27. The van der Waals surface area contributed by atoms with Gasteiger partial charge in [0.1, 0.15) is 0 Å². The molecular weight excluding hydrogens is 380 g/mol. The summed E-state index contributed by atoms with van der Waals surface area (Å²) in [6, 6.07) is 8.05. The van der Waals surface area contributed by atoms with Crippen LogP contribution in [-0.4, -0.2) is 13.1 Å². The molecule has 1 aromatic rings. The van der Waals surface area contributed by atoms with Gasteiger partial charge in [-0.25, -0.2) is 4.79 Å². The van der Waals surface area contributed by atoms with Crippen molar-refractivity contribution in [2.75, 3.05) is 7.11 Å². The topological polar surface area (TPSA) is 26.3 Å². The van der Waals surface area contributed by atoms with E-state index in [1.807, 2.05) is 12.1 Å². The molecule has 0 aromatic heterocycles. The molecule has 0 saturated heterocycles. The minimum atomic E-state index is -0.267. The van der Waals surface area contributed by atoms with Crippen LogP contribution in [0.1, 0.15) is 96.5 Å². The lowest BCUT2D eigenvalue weighted by Crippen LogP contribution is -2.61. The normalized spacial score (nSPS) is 38.5. The smallest absolute Gasteiger partial charge is 0.337 e. The van der Waals surface area contributed by atoms with Crippen LogP contribution >= 0.6 is 0 Å². The SMILES string of the molecule is COC(=O)c1ccc(C2=CCC3(C)C(CCC4(C)C3CCC(C)C4(C)C)C2(C)C)cc1. The third kappa shape index (κ3) is 3.07. The average molecular weight is 423 g/mol. The lowest BCUT2D eigenvalue weighted by atomic mass is 9.36. The van der Waals surface area contributed by atoms with E-state index in [1.165, 1.54) is 50.4 Å². The molecule has 0 spiro atoms. The van der Waals surface area contributed by atoms with Crippen molar-refractivity contribution in [3.8, 4) is 0 Å². The maximum absolute atomic E-state index is 11.9. The largest absolute Gasteiger partial charge is 0.465 e. The summed E-state index contributed by atoms with van der Waals surface area (Å²) in [4.78, 5) is 11.9. The molecule has 31 heavy (non-hydrogen) atoms. The van der Waals surface area contributed by atoms with Crippen LogP contribution in [0.3, 0.4) is 0 Å². The second-order valence-electron chi connectivity index (χ2n) is 12.4. The number of benzene rings is 1. The number of allylic oxidation sites excluding steroid dienone is 2. The van der Waals surface area contributed by atoms with Gasteiger partial charge in [-0.05, 0) is 94.8 Å². The average Bonchev–Trinajstić information content (AvgIpc) is 2.71. The number of esters is 1. The predicted octanol–water partition coefficient (Wildman–Crippen LogP) is 7.78. The Balaban J connectivity index is 1.72. The van der Waals surface area contributed by atoms with Crippen molar-refractivity contribution in [2.24, 2.45) is 39.4 Å². The summed E-state index contributed by atoms with van der Waals surface area (Å²) in [6.45, 7) is 17.7. The minimum Gasteiger partial charge on any atom is -0.465 e. The Labute approximate surface area is 189 Å². The summed E-state index contributed by atoms with van der Waals surface area (Å²) in [7, 11) is 1.44. The molecule has 0 aliphatic heterocycles. The molecule has 3 aliphatic carbocycles. The molecule has 2 fully saturated rings. The zero-order valence-corrected chi connectivity index (χ0v) is 21.0. The zero-order chi connectivity index (χ0) is 22.8. The number of fused-ring (bicyclic) bond motifs is 3. The highest BCUT2D eigenvalue weighted by atomic mass is 16.5. The van der Waals surface area contributed by atoms with Gasteiger partial charge in [0, 0.05) is 0 Å². The number of ether oxygens (including phenoxy) is 1. The number of hydrogen-bond acceptors (Lipinski definition) is 2. The molecule has 2 nitrogen and oxygen atoms in total. The van der Waals surface area contributed by atoms with Crippen molar-refractivity contribution in [3.63, 3.8) is 0 Å². The van der Waals surface area contributed by atoms with Gasteiger partial charge in [0.25, 0.3) is 0 Å². The van der Waals surface area contributed by atoms with E-state index in [9.17, 15) is 4.79 Å². The van der Waals surface area contributed by atoms with Gasteiger partial charge in [0.15, 0.2) is 0 Å². The van der Waals surface area contributed by atoms with Gasteiger partial charge in [-0.1, -0.05) is 66.7 Å². The molecule has 2 heteroatoms.